The van der Waals surface area contributed by atoms with Gasteiger partial charge in [-0.15, -0.1) is 0 Å². The van der Waals surface area contributed by atoms with Crippen LogP contribution >= 0.6 is 0 Å². The van der Waals surface area contributed by atoms with Crippen LogP contribution in [0.25, 0.3) is 0 Å². The van der Waals surface area contributed by atoms with Gasteiger partial charge in [-0.1, -0.05) is 46.0 Å². The predicted octanol–water partition coefficient (Wildman–Crippen LogP) is 4.46. The van der Waals surface area contributed by atoms with E-state index in [0.29, 0.717) is 13.0 Å². The Kier molecular flexibility index (Phi) is 10.9. The molecule has 0 heterocycles. The average molecular weight is 204 g/mol. The Balaban J connectivity index is 3.06. The van der Waals surface area contributed by atoms with E-state index < -0.39 is 6.36 Å². The molecule has 0 aromatic carbocycles. The molecule has 0 aliphatic rings. The van der Waals surface area contributed by atoms with Gasteiger partial charge in [-0.05, 0) is 12.8 Å². The molecule has 0 saturated carbocycles. The third-order valence-electron chi connectivity index (χ3n) is 2.33. The van der Waals surface area contributed by atoms with Crippen LogP contribution in [-0.2, 0) is 4.74 Å². The minimum absolute atomic E-state index is 0.571. The molecule has 0 spiro atoms. The number of unbranched alkanes of at least 4 members (excludes halogenated alkanes) is 5. The van der Waals surface area contributed by atoms with E-state index in [0.717, 1.165) is 32.1 Å². The van der Waals surface area contributed by atoms with Crippen molar-refractivity contribution in [3.8, 4) is 0 Å². The van der Waals surface area contributed by atoms with Crippen LogP contribution in [0.15, 0.2) is 0 Å². The highest BCUT2D eigenvalue weighted by Crippen LogP contribution is 2.09. The van der Waals surface area contributed by atoms with E-state index in [-0.39, 0.29) is 0 Å². The minimum Gasteiger partial charge on any atom is -0.348 e. The Bertz CT molecular complexity index is 106. The summed E-state index contributed by atoms with van der Waals surface area (Å²) in [6.07, 6.45) is 7.37. The first-order valence-electron chi connectivity index (χ1n) is 6.07. The summed E-state index contributed by atoms with van der Waals surface area (Å²) in [6, 6.07) is 0. The fourth-order valence-corrected chi connectivity index (χ4v) is 1.38. The summed E-state index contributed by atoms with van der Waals surface area (Å²) in [7, 11) is 0. The van der Waals surface area contributed by atoms with Gasteiger partial charge in [0.25, 0.3) is 0 Å². The second-order valence-electron chi connectivity index (χ2n) is 3.84. The highest BCUT2D eigenvalue weighted by atomic mass is 19.1. The van der Waals surface area contributed by atoms with Crippen molar-refractivity contribution in [2.75, 3.05) is 6.61 Å². The molecule has 0 radical (unpaired) electrons. The third kappa shape index (κ3) is 9.97. The van der Waals surface area contributed by atoms with E-state index in [1.807, 2.05) is 0 Å². The first kappa shape index (κ1) is 13.9. The van der Waals surface area contributed by atoms with Crippen molar-refractivity contribution in [1.29, 1.82) is 0 Å². The van der Waals surface area contributed by atoms with Gasteiger partial charge >= 0.3 is 0 Å². The molecule has 0 rings (SSSR count). The molecule has 0 amide bonds. The molecule has 0 saturated heterocycles. The lowest BCUT2D eigenvalue weighted by Crippen LogP contribution is -2.07. The van der Waals surface area contributed by atoms with Crippen molar-refractivity contribution < 1.29 is 9.13 Å². The van der Waals surface area contributed by atoms with Gasteiger partial charge in [0.1, 0.15) is 0 Å². The maximum Gasteiger partial charge on any atom is 0.198 e. The van der Waals surface area contributed by atoms with Crippen molar-refractivity contribution in [1.82, 2.24) is 0 Å². The molecule has 14 heavy (non-hydrogen) atoms. The molecular formula is C12H25FO. The molecule has 2 heteroatoms. The Morgan fingerprint density at radius 1 is 0.929 bits per heavy atom. The summed E-state index contributed by atoms with van der Waals surface area (Å²) in [6.45, 7) is 4.88. The van der Waals surface area contributed by atoms with Gasteiger partial charge in [-0.2, -0.15) is 0 Å². The SMILES string of the molecule is CCCCCCOC(F)CCCCC. The van der Waals surface area contributed by atoms with Crippen molar-refractivity contribution in [2.45, 2.75) is 71.6 Å². The summed E-state index contributed by atoms with van der Waals surface area (Å²) < 4.78 is 18.1. The molecule has 1 nitrogen and oxygen atoms in total. The Morgan fingerprint density at radius 2 is 1.57 bits per heavy atom. The number of rotatable bonds is 10. The van der Waals surface area contributed by atoms with Crippen molar-refractivity contribution in [3.05, 3.63) is 0 Å². The summed E-state index contributed by atoms with van der Waals surface area (Å²) in [5.74, 6) is 0. The first-order chi connectivity index (χ1) is 6.81. The van der Waals surface area contributed by atoms with E-state index in [2.05, 4.69) is 13.8 Å². The first-order valence-corrected chi connectivity index (χ1v) is 6.07. The zero-order valence-electron chi connectivity index (χ0n) is 9.73. The zero-order chi connectivity index (χ0) is 10.6. The predicted molar refractivity (Wildman–Crippen MR) is 59.1 cm³/mol. The quantitative estimate of drug-likeness (QED) is 0.477. The highest BCUT2D eigenvalue weighted by molar-refractivity contribution is 4.46. The Morgan fingerprint density at radius 3 is 2.21 bits per heavy atom. The topological polar surface area (TPSA) is 9.23 Å². The van der Waals surface area contributed by atoms with Crippen LogP contribution in [0.1, 0.15) is 65.2 Å². The summed E-state index contributed by atoms with van der Waals surface area (Å²) >= 11 is 0. The number of alkyl halides is 1. The van der Waals surface area contributed by atoms with Crippen molar-refractivity contribution in [3.63, 3.8) is 0 Å². The average Bonchev–Trinajstić information content (AvgIpc) is 2.18. The summed E-state index contributed by atoms with van der Waals surface area (Å²) in [5, 5.41) is 0. The van der Waals surface area contributed by atoms with E-state index >= 15 is 0 Å². The van der Waals surface area contributed by atoms with Gasteiger partial charge in [0.05, 0.1) is 6.61 Å². The second-order valence-corrected chi connectivity index (χ2v) is 3.84. The zero-order valence-corrected chi connectivity index (χ0v) is 9.73. The minimum atomic E-state index is -1.02. The normalized spacial score (nSPS) is 13.1. The number of hydrogen-bond donors (Lipinski definition) is 0. The standard InChI is InChI=1S/C12H25FO/c1-3-5-7-9-11-14-12(13)10-8-6-4-2/h12H,3-11H2,1-2H3. The lowest BCUT2D eigenvalue weighted by atomic mass is 10.2. The van der Waals surface area contributed by atoms with Crippen molar-refractivity contribution >= 4 is 0 Å². The van der Waals surface area contributed by atoms with Gasteiger partial charge in [0.2, 0.25) is 0 Å². The summed E-state index contributed by atoms with van der Waals surface area (Å²) in [4.78, 5) is 0. The monoisotopic (exact) mass is 204 g/mol. The lowest BCUT2D eigenvalue weighted by Gasteiger charge is -2.08. The lowest BCUT2D eigenvalue weighted by molar-refractivity contribution is -0.0458. The van der Waals surface area contributed by atoms with E-state index in [1.54, 1.807) is 0 Å². The van der Waals surface area contributed by atoms with Crippen LogP contribution in [0, 0.1) is 0 Å². The van der Waals surface area contributed by atoms with Crippen molar-refractivity contribution in [2.24, 2.45) is 0 Å². The van der Waals surface area contributed by atoms with E-state index in [4.69, 9.17) is 4.74 Å². The number of halogens is 1. The van der Waals surface area contributed by atoms with Crippen LogP contribution < -0.4 is 0 Å². The molecule has 0 aromatic rings. The Hall–Kier alpha value is -0.110. The Labute approximate surface area is 88.0 Å². The molecule has 0 aliphatic heterocycles. The second kappa shape index (κ2) is 11.0. The molecule has 0 aliphatic carbocycles. The maximum atomic E-state index is 13.0. The van der Waals surface area contributed by atoms with Crippen LogP contribution in [0.5, 0.6) is 0 Å². The van der Waals surface area contributed by atoms with Gasteiger partial charge in [0.15, 0.2) is 6.36 Å². The van der Waals surface area contributed by atoms with Gasteiger partial charge < -0.3 is 4.74 Å². The molecule has 1 unspecified atom stereocenters. The van der Waals surface area contributed by atoms with Gasteiger partial charge in [-0.25, -0.2) is 4.39 Å². The van der Waals surface area contributed by atoms with E-state index in [9.17, 15) is 4.39 Å². The molecule has 0 bridgehead atoms. The van der Waals surface area contributed by atoms with Gasteiger partial charge in [-0.3, -0.25) is 0 Å². The maximum absolute atomic E-state index is 13.0. The number of ether oxygens (including phenoxy) is 1. The molecule has 0 N–H and O–H groups in total. The van der Waals surface area contributed by atoms with Crippen LogP contribution in [0.2, 0.25) is 0 Å². The molecule has 86 valence electrons. The molecule has 0 aromatic heterocycles. The van der Waals surface area contributed by atoms with Crippen LogP contribution in [0.3, 0.4) is 0 Å². The molecular weight excluding hydrogens is 179 g/mol. The number of hydrogen-bond acceptors (Lipinski definition) is 1. The smallest absolute Gasteiger partial charge is 0.198 e. The highest BCUT2D eigenvalue weighted by Gasteiger charge is 2.04. The van der Waals surface area contributed by atoms with Crippen LogP contribution in [-0.4, -0.2) is 13.0 Å². The molecule has 0 fully saturated rings. The fraction of sp³-hybridized carbons (Fsp3) is 1.00. The fourth-order valence-electron chi connectivity index (χ4n) is 1.38. The third-order valence-corrected chi connectivity index (χ3v) is 2.33. The largest absolute Gasteiger partial charge is 0.348 e. The summed E-state index contributed by atoms with van der Waals surface area (Å²) in [5.41, 5.74) is 0. The van der Waals surface area contributed by atoms with Crippen LogP contribution in [0.4, 0.5) is 4.39 Å². The van der Waals surface area contributed by atoms with Gasteiger partial charge in [0, 0.05) is 6.42 Å². The van der Waals surface area contributed by atoms with E-state index in [1.165, 1.54) is 12.8 Å². The molecule has 1 atom stereocenters.